The molecule has 0 unspecified atom stereocenters. The van der Waals surface area contributed by atoms with E-state index in [2.05, 4.69) is 0 Å². The second-order valence-electron chi connectivity index (χ2n) is 5.47. The molecular formula is C18H18F3NO. The van der Waals surface area contributed by atoms with Crippen LogP contribution in [0.3, 0.4) is 0 Å². The van der Waals surface area contributed by atoms with Crippen molar-refractivity contribution in [1.29, 1.82) is 0 Å². The minimum absolute atomic E-state index is 0.0835. The van der Waals surface area contributed by atoms with Crippen molar-refractivity contribution < 1.29 is 18.0 Å². The van der Waals surface area contributed by atoms with Gasteiger partial charge in [0.25, 0.3) is 0 Å². The predicted molar refractivity (Wildman–Crippen MR) is 82.9 cm³/mol. The highest BCUT2D eigenvalue weighted by Crippen LogP contribution is 2.29. The molecule has 0 fully saturated rings. The summed E-state index contributed by atoms with van der Waals surface area (Å²) in [4.78, 5) is 12.1. The number of rotatable bonds is 6. The molecule has 2 aromatic carbocycles. The Morgan fingerprint density at radius 2 is 1.65 bits per heavy atom. The van der Waals surface area contributed by atoms with E-state index in [1.165, 1.54) is 12.1 Å². The number of hydrogen-bond acceptors (Lipinski definition) is 2. The first-order valence-corrected chi connectivity index (χ1v) is 7.34. The van der Waals surface area contributed by atoms with Crippen LogP contribution in [0.2, 0.25) is 0 Å². The first kappa shape index (κ1) is 17.2. The zero-order chi connectivity index (χ0) is 16.9. The Labute approximate surface area is 133 Å². The summed E-state index contributed by atoms with van der Waals surface area (Å²) in [6, 6.07) is 13.8. The molecule has 0 aromatic heterocycles. The Kier molecular flexibility index (Phi) is 5.55. The molecule has 2 nitrogen and oxygen atoms in total. The second-order valence-corrected chi connectivity index (χ2v) is 5.47. The molecule has 0 saturated carbocycles. The second kappa shape index (κ2) is 7.42. The van der Waals surface area contributed by atoms with Crippen LogP contribution < -0.4 is 5.73 Å². The number of alkyl halides is 3. The number of Topliss-reactive ketones (excluding diaryl/α,β-unsaturated/α-hetero) is 1. The summed E-state index contributed by atoms with van der Waals surface area (Å²) in [5.41, 5.74) is 6.53. The maximum Gasteiger partial charge on any atom is 0.416 e. The molecule has 0 bridgehead atoms. The van der Waals surface area contributed by atoms with Crippen LogP contribution in [-0.2, 0) is 23.8 Å². The van der Waals surface area contributed by atoms with Crippen LogP contribution in [-0.4, -0.2) is 11.8 Å². The van der Waals surface area contributed by atoms with E-state index in [-0.39, 0.29) is 12.2 Å². The third kappa shape index (κ3) is 5.21. The van der Waals surface area contributed by atoms with E-state index in [4.69, 9.17) is 5.73 Å². The Balaban J connectivity index is 1.93. The summed E-state index contributed by atoms with van der Waals surface area (Å²) < 4.78 is 38.0. The van der Waals surface area contributed by atoms with Crippen molar-refractivity contribution in [2.24, 2.45) is 5.73 Å². The molecule has 2 aromatic rings. The Morgan fingerprint density at radius 1 is 1.00 bits per heavy atom. The van der Waals surface area contributed by atoms with Gasteiger partial charge in [-0.15, -0.1) is 0 Å². The lowest BCUT2D eigenvalue weighted by atomic mass is 9.98. The summed E-state index contributed by atoms with van der Waals surface area (Å²) in [5.74, 6) is -0.250. The van der Waals surface area contributed by atoms with Gasteiger partial charge >= 0.3 is 6.18 Å². The number of benzene rings is 2. The molecule has 0 radical (unpaired) electrons. The van der Waals surface area contributed by atoms with Crippen LogP contribution in [0.25, 0.3) is 0 Å². The number of halogens is 3. The fourth-order valence-corrected chi connectivity index (χ4v) is 2.32. The molecular weight excluding hydrogens is 303 g/mol. The lowest BCUT2D eigenvalue weighted by Gasteiger charge is -2.12. The standard InChI is InChI=1S/C18H18F3NO/c19-18(20,21)15-8-4-7-14(11-15)12-17(23)16(22)10-9-13-5-2-1-3-6-13/h1-8,11,16H,9-10,12,22H2/t16-/m0/s1. The van der Waals surface area contributed by atoms with Gasteiger partial charge in [0, 0.05) is 6.42 Å². The van der Waals surface area contributed by atoms with Gasteiger partial charge in [0.15, 0.2) is 5.78 Å². The normalized spacial score (nSPS) is 12.9. The Morgan fingerprint density at radius 3 is 2.30 bits per heavy atom. The van der Waals surface area contributed by atoms with Gasteiger partial charge in [-0.2, -0.15) is 13.2 Å². The van der Waals surface area contributed by atoms with Gasteiger partial charge in [-0.05, 0) is 30.0 Å². The molecule has 0 aliphatic rings. The van der Waals surface area contributed by atoms with Crippen LogP contribution in [0.4, 0.5) is 13.2 Å². The summed E-state index contributed by atoms with van der Waals surface area (Å²) in [7, 11) is 0. The molecule has 0 aliphatic heterocycles. The van der Waals surface area contributed by atoms with Crippen LogP contribution in [0, 0.1) is 0 Å². The van der Waals surface area contributed by atoms with E-state index < -0.39 is 17.8 Å². The smallest absolute Gasteiger partial charge is 0.321 e. The number of ketones is 1. The van der Waals surface area contributed by atoms with Crippen molar-refractivity contribution in [2.75, 3.05) is 0 Å². The third-order valence-corrected chi connectivity index (χ3v) is 3.63. The van der Waals surface area contributed by atoms with Gasteiger partial charge in [-0.3, -0.25) is 4.79 Å². The molecule has 1 atom stereocenters. The quantitative estimate of drug-likeness (QED) is 0.880. The first-order valence-electron chi connectivity index (χ1n) is 7.34. The molecule has 0 spiro atoms. The highest BCUT2D eigenvalue weighted by atomic mass is 19.4. The van der Waals surface area contributed by atoms with Crippen molar-refractivity contribution >= 4 is 5.78 Å². The molecule has 122 valence electrons. The number of hydrogen-bond donors (Lipinski definition) is 1. The van der Waals surface area contributed by atoms with Gasteiger partial charge in [0.2, 0.25) is 0 Å². The number of carbonyl (C=O) groups excluding carboxylic acids is 1. The van der Waals surface area contributed by atoms with Gasteiger partial charge in [-0.25, -0.2) is 0 Å². The van der Waals surface area contributed by atoms with Gasteiger partial charge < -0.3 is 5.73 Å². The third-order valence-electron chi connectivity index (χ3n) is 3.63. The summed E-state index contributed by atoms with van der Waals surface area (Å²) >= 11 is 0. The highest BCUT2D eigenvalue weighted by molar-refractivity contribution is 5.85. The van der Waals surface area contributed by atoms with E-state index >= 15 is 0 Å². The average Bonchev–Trinajstić information content (AvgIpc) is 2.53. The Bertz CT molecular complexity index is 653. The average molecular weight is 321 g/mol. The van der Waals surface area contributed by atoms with Crippen LogP contribution in [0.5, 0.6) is 0 Å². The zero-order valence-corrected chi connectivity index (χ0v) is 12.5. The largest absolute Gasteiger partial charge is 0.416 e. The minimum Gasteiger partial charge on any atom is -0.321 e. The van der Waals surface area contributed by atoms with E-state index in [0.717, 1.165) is 17.7 Å². The molecule has 2 rings (SSSR count). The van der Waals surface area contributed by atoms with Gasteiger partial charge in [0.1, 0.15) is 0 Å². The SMILES string of the molecule is N[C@@H](CCc1ccccc1)C(=O)Cc1cccc(C(F)(F)F)c1. The van der Waals surface area contributed by atoms with Gasteiger partial charge in [0.05, 0.1) is 11.6 Å². The number of carbonyl (C=O) groups is 1. The summed E-state index contributed by atoms with van der Waals surface area (Å²) in [5, 5.41) is 0. The number of aryl methyl sites for hydroxylation is 1. The van der Waals surface area contributed by atoms with E-state index in [9.17, 15) is 18.0 Å². The number of nitrogens with two attached hydrogens (primary N) is 1. The van der Waals surface area contributed by atoms with Crippen molar-refractivity contribution in [3.63, 3.8) is 0 Å². The van der Waals surface area contributed by atoms with E-state index in [1.54, 1.807) is 0 Å². The summed E-state index contributed by atoms with van der Waals surface area (Å²) in [6.07, 6.45) is -3.35. The lowest BCUT2D eigenvalue weighted by Crippen LogP contribution is -2.32. The van der Waals surface area contributed by atoms with Crippen LogP contribution in [0.15, 0.2) is 54.6 Å². The maximum absolute atomic E-state index is 12.7. The van der Waals surface area contributed by atoms with Crippen molar-refractivity contribution in [1.82, 2.24) is 0 Å². The van der Waals surface area contributed by atoms with E-state index in [1.807, 2.05) is 30.3 Å². The highest BCUT2D eigenvalue weighted by Gasteiger charge is 2.30. The predicted octanol–water partition coefficient (Wildman–Crippen LogP) is 3.78. The molecule has 23 heavy (non-hydrogen) atoms. The van der Waals surface area contributed by atoms with Gasteiger partial charge in [-0.1, -0.05) is 48.5 Å². The Hall–Kier alpha value is -2.14. The molecule has 5 heteroatoms. The molecule has 0 amide bonds. The molecule has 0 heterocycles. The zero-order valence-electron chi connectivity index (χ0n) is 12.5. The monoisotopic (exact) mass is 321 g/mol. The fraction of sp³-hybridized carbons (Fsp3) is 0.278. The van der Waals surface area contributed by atoms with Crippen molar-refractivity contribution in [2.45, 2.75) is 31.5 Å². The summed E-state index contributed by atoms with van der Waals surface area (Å²) in [6.45, 7) is 0. The molecule has 0 saturated heterocycles. The fourth-order valence-electron chi connectivity index (χ4n) is 2.32. The van der Waals surface area contributed by atoms with Crippen molar-refractivity contribution in [3.8, 4) is 0 Å². The lowest BCUT2D eigenvalue weighted by molar-refractivity contribution is -0.137. The first-order chi connectivity index (χ1) is 10.9. The van der Waals surface area contributed by atoms with Crippen molar-refractivity contribution in [3.05, 3.63) is 71.3 Å². The molecule has 2 N–H and O–H groups in total. The topological polar surface area (TPSA) is 43.1 Å². The van der Waals surface area contributed by atoms with E-state index in [0.29, 0.717) is 18.4 Å². The maximum atomic E-state index is 12.7. The van der Waals surface area contributed by atoms with Crippen LogP contribution >= 0.6 is 0 Å². The minimum atomic E-state index is -4.41. The molecule has 0 aliphatic carbocycles. The van der Waals surface area contributed by atoms with Crippen LogP contribution in [0.1, 0.15) is 23.1 Å².